The van der Waals surface area contributed by atoms with Crippen LogP contribution in [0.1, 0.15) is 16.8 Å². The van der Waals surface area contributed by atoms with Gasteiger partial charge in [-0.2, -0.15) is 18.4 Å². The zero-order chi connectivity index (χ0) is 17.5. The first-order valence-corrected chi connectivity index (χ1v) is 6.24. The third kappa shape index (κ3) is 2.78. The van der Waals surface area contributed by atoms with Gasteiger partial charge in [-0.25, -0.2) is 19.0 Å². The molecule has 0 bridgehead atoms. The zero-order valence-electron chi connectivity index (χ0n) is 11.3. The summed E-state index contributed by atoms with van der Waals surface area (Å²) in [7, 11) is 0. The molecule has 0 unspecified atom stereocenters. The second-order valence-corrected chi connectivity index (χ2v) is 4.79. The molecule has 120 valence electrons. The summed E-state index contributed by atoms with van der Waals surface area (Å²) in [5.41, 5.74) is -4.02. The van der Waals surface area contributed by atoms with Crippen molar-refractivity contribution in [2.75, 3.05) is 5.84 Å². The Morgan fingerprint density at radius 2 is 1.96 bits per heavy atom. The van der Waals surface area contributed by atoms with E-state index in [0.717, 1.165) is 0 Å². The molecule has 11 heteroatoms. The quantitative estimate of drug-likeness (QED) is 0.612. The lowest BCUT2D eigenvalue weighted by Gasteiger charge is -2.13. The van der Waals surface area contributed by atoms with Crippen molar-refractivity contribution in [3.05, 3.63) is 54.9 Å². The molecule has 2 rings (SSSR count). The van der Waals surface area contributed by atoms with Crippen molar-refractivity contribution >= 4 is 11.6 Å². The largest absolute Gasteiger partial charge is 0.433 e. The zero-order valence-corrected chi connectivity index (χ0v) is 12.1. The Morgan fingerprint density at radius 3 is 2.43 bits per heavy atom. The highest BCUT2D eigenvalue weighted by molar-refractivity contribution is 6.30. The number of nitrogen functional groups attached to an aromatic ring is 1. The predicted octanol–water partition coefficient (Wildman–Crippen LogP) is 0.960. The van der Waals surface area contributed by atoms with Crippen LogP contribution < -0.4 is 17.1 Å². The van der Waals surface area contributed by atoms with Gasteiger partial charge in [-0.05, 0) is 18.6 Å². The van der Waals surface area contributed by atoms with E-state index in [1.165, 1.54) is 13.0 Å². The highest BCUT2D eigenvalue weighted by Crippen LogP contribution is 2.26. The van der Waals surface area contributed by atoms with Crippen LogP contribution in [0.15, 0.2) is 21.7 Å². The lowest BCUT2D eigenvalue weighted by Crippen LogP contribution is -2.45. The number of pyridine rings is 1. The highest BCUT2D eigenvalue weighted by Gasteiger charge is 2.35. The minimum absolute atomic E-state index is 0.0171. The smallest absolute Gasteiger partial charge is 0.335 e. The van der Waals surface area contributed by atoms with Crippen LogP contribution in [0, 0.1) is 18.3 Å². The third-order valence-electron chi connectivity index (χ3n) is 2.93. The molecule has 2 aromatic heterocycles. The number of halogens is 4. The maximum Gasteiger partial charge on any atom is 0.433 e. The average Bonchev–Trinajstić information content (AvgIpc) is 2.41. The predicted molar refractivity (Wildman–Crippen MR) is 73.7 cm³/mol. The van der Waals surface area contributed by atoms with Crippen molar-refractivity contribution in [3.8, 4) is 11.9 Å². The molecule has 23 heavy (non-hydrogen) atoms. The van der Waals surface area contributed by atoms with Gasteiger partial charge in [0.1, 0.15) is 17.0 Å². The van der Waals surface area contributed by atoms with Crippen molar-refractivity contribution in [1.29, 1.82) is 5.26 Å². The highest BCUT2D eigenvalue weighted by atomic mass is 35.5. The summed E-state index contributed by atoms with van der Waals surface area (Å²) < 4.78 is 38.3. The van der Waals surface area contributed by atoms with E-state index in [4.69, 9.17) is 22.7 Å². The van der Waals surface area contributed by atoms with E-state index < -0.39 is 23.1 Å². The number of nitrogens with two attached hydrogens (primary N) is 1. The summed E-state index contributed by atoms with van der Waals surface area (Å²) in [6, 6.07) is 3.11. The molecule has 7 nitrogen and oxygen atoms in total. The van der Waals surface area contributed by atoms with Gasteiger partial charge in [-0.15, -0.1) is 0 Å². The Labute approximate surface area is 130 Å². The number of hydrogen-bond donors (Lipinski definition) is 1. The molecule has 0 fully saturated rings. The summed E-state index contributed by atoms with van der Waals surface area (Å²) in [4.78, 5) is 27.6. The maximum atomic E-state index is 12.7. The molecule has 0 amide bonds. The summed E-state index contributed by atoms with van der Waals surface area (Å²) in [5, 5.41) is 8.59. The van der Waals surface area contributed by atoms with Gasteiger partial charge in [0.15, 0.2) is 5.69 Å². The molecular weight excluding hydrogens is 339 g/mol. The van der Waals surface area contributed by atoms with Gasteiger partial charge in [0.05, 0.1) is 5.56 Å². The van der Waals surface area contributed by atoms with Crippen LogP contribution in [-0.4, -0.2) is 14.2 Å². The second-order valence-electron chi connectivity index (χ2n) is 4.43. The van der Waals surface area contributed by atoms with E-state index >= 15 is 0 Å². The van der Waals surface area contributed by atoms with Crippen LogP contribution in [0.5, 0.6) is 0 Å². The van der Waals surface area contributed by atoms with Crippen LogP contribution in [0.2, 0.25) is 5.15 Å². The maximum absolute atomic E-state index is 12.7. The number of alkyl halides is 3. The molecular formula is C12H7ClF3N5O2. The summed E-state index contributed by atoms with van der Waals surface area (Å²) in [6.45, 7) is 1.46. The summed E-state index contributed by atoms with van der Waals surface area (Å²) >= 11 is 5.76. The Morgan fingerprint density at radius 1 is 1.35 bits per heavy atom. The van der Waals surface area contributed by atoms with E-state index in [0.29, 0.717) is 4.57 Å². The molecule has 0 aliphatic heterocycles. The number of hydrogen-bond acceptors (Lipinski definition) is 5. The molecule has 2 aromatic rings. The fraction of sp³-hybridized carbons (Fsp3) is 0.167. The molecule has 0 aromatic carbocycles. The van der Waals surface area contributed by atoms with Crippen LogP contribution in [0.4, 0.5) is 13.2 Å². The molecule has 0 saturated heterocycles. The van der Waals surface area contributed by atoms with Gasteiger partial charge >= 0.3 is 11.9 Å². The number of rotatable bonds is 1. The van der Waals surface area contributed by atoms with Crippen LogP contribution in [0.25, 0.3) is 5.82 Å². The fourth-order valence-electron chi connectivity index (χ4n) is 1.85. The van der Waals surface area contributed by atoms with Crippen molar-refractivity contribution < 1.29 is 13.2 Å². The van der Waals surface area contributed by atoms with Crippen LogP contribution >= 0.6 is 11.6 Å². The standard InChI is InChI=1S/C12H7ClF3N5O2/c1-5-2-8(19-10(13)6(5)4-17)20-9(22)3-7(12(14,15)16)21(18)11(20)23/h2-3H,18H2,1H3. The van der Waals surface area contributed by atoms with Crippen LogP contribution in [0.3, 0.4) is 0 Å². The number of nitrogens with zero attached hydrogens (tertiary/aromatic N) is 4. The molecule has 0 aliphatic carbocycles. The van der Waals surface area contributed by atoms with E-state index in [1.807, 2.05) is 0 Å². The SMILES string of the molecule is Cc1cc(-n2c(=O)cc(C(F)(F)F)n(N)c2=O)nc(Cl)c1C#N. The van der Waals surface area contributed by atoms with Crippen molar-refractivity contribution in [2.45, 2.75) is 13.1 Å². The molecule has 0 atom stereocenters. The molecule has 0 saturated carbocycles. The topological polar surface area (TPSA) is 107 Å². The second kappa shape index (κ2) is 5.44. The number of aryl methyl sites for hydroxylation is 1. The summed E-state index contributed by atoms with van der Waals surface area (Å²) in [5.74, 6) is 4.78. The van der Waals surface area contributed by atoms with E-state index in [-0.39, 0.29) is 32.8 Å². The lowest BCUT2D eigenvalue weighted by molar-refractivity contribution is -0.143. The van der Waals surface area contributed by atoms with Gasteiger partial charge in [-0.3, -0.25) is 4.79 Å². The monoisotopic (exact) mass is 345 g/mol. The van der Waals surface area contributed by atoms with E-state index in [2.05, 4.69) is 4.98 Å². The minimum atomic E-state index is -4.97. The third-order valence-corrected chi connectivity index (χ3v) is 3.20. The Balaban J connectivity index is 2.83. The molecule has 0 aliphatic rings. The first-order valence-electron chi connectivity index (χ1n) is 5.87. The average molecular weight is 346 g/mol. The summed E-state index contributed by atoms with van der Waals surface area (Å²) in [6.07, 6.45) is -4.97. The van der Waals surface area contributed by atoms with Crippen LogP contribution in [-0.2, 0) is 6.18 Å². The fourth-order valence-corrected chi connectivity index (χ4v) is 2.13. The number of nitriles is 1. The first kappa shape index (κ1) is 16.6. The Bertz CT molecular complexity index is 932. The van der Waals surface area contributed by atoms with Gasteiger partial charge < -0.3 is 5.84 Å². The number of aromatic nitrogens is 3. The molecule has 0 radical (unpaired) electrons. The Kier molecular flexibility index (Phi) is 3.92. The van der Waals surface area contributed by atoms with Gasteiger partial charge in [-0.1, -0.05) is 11.6 Å². The van der Waals surface area contributed by atoms with E-state index in [9.17, 15) is 22.8 Å². The molecule has 2 N–H and O–H groups in total. The normalized spacial score (nSPS) is 11.3. The van der Waals surface area contributed by atoms with Crippen molar-refractivity contribution in [2.24, 2.45) is 0 Å². The lowest BCUT2D eigenvalue weighted by atomic mass is 10.2. The van der Waals surface area contributed by atoms with Gasteiger partial charge in [0, 0.05) is 6.07 Å². The molecule has 0 spiro atoms. The minimum Gasteiger partial charge on any atom is -0.335 e. The molecule has 2 heterocycles. The van der Waals surface area contributed by atoms with Crippen molar-refractivity contribution in [3.63, 3.8) is 0 Å². The first-order chi connectivity index (χ1) is 10.6. The van der Waals surface area contributed by atoms with Gasteiger partial charge in [0.2, 0.25) is 0 Å². The van der Waals surface area contributed by atoms with E-state index in [1.54, 1.807) is 6.07 Å². The van der Waals surface area contributed by atoms with Gasteiger partial charge in [0.25, 0.3) is 5.56 Å². The van der Waals surface area contributed by atoms with Crippen molar-refractivity contribution in [1.82, 2.24) is 14.2 Å². The Hall–Kier alpha value is -2.80.